The highest BCUT2D eigenvalue weighted by Crippen LogP contribution is 2.36. The number of rotatable bonds is 3. The molecular weight excluding hydrogens is 386 g/mol. The second-order valence-corrected chi connectivity index (χ2v) is 10.6. The Kier molecular flexibility index (Phi) is 5.82. The zero-order chi connectivity index (χ0) is 20.6. The lowest BCUT2D eigenvalue weighted by atomic mass is 9.90. The molecule has 7 nitrogen and oxygen atoms in total. The molecule has 160 valence electrons. The van der Waals surface area contributed by atoms with Crippen LogP contribution >= 0.6 is 11.3 Å². The fourth-order valence-corrected chi connectivity index (χ4v) is 5.83. The summed E-state index contributed by atoms with van der Waals surface area (Å²) >= 11 is 1.73. The van der Waals surface area contributed by atoms with Crippen molar-refractivity contribution in [3.05, 3.63) is 5.01 Å². The Labute approximate surface area is 177 Å². The molecule has 3 heterocycles. The largest absolute Gasteiger partial charge is 0.343 e. The van der Waals surface area contributed by atoms with E-state index in [0.29, 0.717) is 32.0 Å². The first-order chi connectivity index (χ1) is 13.8. The lowest BCUT2D eigenvalue weighted by molar-refractivity contribution is -0.136. The predicted octanol–water partition coefficient (Wildman–Crippen LogP) is 2.88. The van der Waals surface area contributed by atoms with E-state index < -0.39 is 0 Å². The average Bonchev–Trinajstić information content (AvgIpc) is 3.35. The number of amides is 2. The van der Waals surface area contributed by atoms with E-state index in [4.69, 9.17) is 0 Å². The van der Waals surface area contributed by atoms with Crippen molar-refractivity contribution in [2.24, 2.45) is 5.92 Å². The van der Waals surface area contributed by atoms with Gasteiger partial charge in [0.1, 0.15) is 5.01 Å². The molecular formula is C21H33N5O2S. The third kappa shape index (κ3) is 4.42. The summed E-state index contributed by atoms with van der Waals surface area (Å²) in [7, 11) is 0. The summed E-state index contributed by atoms with van der Waals surface area (Å²) in [6, 6.07) is 0. The van der Waals surface area contributed by atoms with Crippen molar-refractivity contribution in [1.82, 2.24) is 20.0 Å². The van der Waals surface area contributed by atoms with Gasteiger partial charge in [-0.25, -0.2) is 0 Å². The minimum absolute atomic E-state index is 0.0959. The summed E-state index contributed by atoms with van der Waals surface area (Å²) < 4.78 is 0. The van der Waals surface area contributed by atoms with Gasteiger partial charge in [-0.2, -0.15) is 0 Å². The third-order valence-electron chi connectivity index (χ3n) is 6.53. The predicted molar refractivity (Wildman–Crippen MR) is 114 cm³/mol. The highest BCUT2D eigenvalue weighted by atomic mass is 32.1. The molecule has 29 heavy (non-hydrogen) atoms. The van der Waals surface area contributed by atoms with Gasteiger partial charge >= 0.3 is 0 Å². The molecule has 1 unspecified atom stereocenters. The molecule has 1 aromatic rings. The van der Waals surface area contributed by atoms with Crippen LogP contribution in [0.5, 0.6) is 0 Å². The van der Waals surface area contributed by atoms with Gasteiger partial charge in [0, 0.05) is 50.6 Å². The Morgan fingerprint density at radius 2 is 1.72 bits per heavy atom. The summed E-state index contributed by atoms with van der Waals surface area (Å²) in [4.78, 5) is 31.3. The number of anilines is 1. The highest BCUT2D eigenvalue weighted by molar-refractivity contribution is 7.15. The van der Waals surface area contributed by atoms with Gasteiger partial charge < -0.3 is 14.7 Å². The van der Waals surface area contributed by atoms with Gasteiger partial charge in [0.05, 0.1) is 5.92 Å². The van der Waals surface area contributed by atoms with Crippen LogP contribution in [0.1, 0.15) is 70.2 Å². The molecule has 8 heteroatoms. The maximum absolute atomic E-state index is 13.0. The van der Waals surface area contributed by atoms with Gasteiger partial charge in [-0.3, -0.25) is 9.59 Å². The topological polar surface area (TPSA) is 69.6 Å². The highest BCUT2D eigenvalue weighted by Gasteiger charge is 2.41. The van der Waals surface area contributed by atoms with Gasteiger partial charge in [-0.1, -0.05) is 30.6 Å². The molecule has 0 N–H and O–H groups in total. The molecule has 3 aliphatic rings. The molecule has 1 atom stereocenters. The molecule has 1 saturated carbocycles. The normalized spacial score (nSPS) is 24.4. The van der Waals surface area contributed by atoms with E-state index in [1.165, 1.54) is 37.1 Å². The van der Waals surface area contributed by atoms with Crippen LogP contribution in [0.15, 0.2) is 0 Å². The van der Waals surface area contributed by atoms with Crippen molar-refractivity contribution in [3.8, 4) is 0 Å². The summed E-state index contributed by atoms with van der Waals surface area (Å²) in [6.07, 6.45) is 6.77. The average molecular weight is 420 g/mol. The van der Waals surface area contributed by atoms with Crippen LogP contribution in [0, 0.1) is 5.92 Å². The van der Waals surface area contributed by atoms with E-state index in [1.54, 1.807) is 11.3 Å². The number of carbonyl (C=O) groups is 2. The van der Waals surface area contributed by atoms with Crippen molar-refractivity contribution >= 4 is 28.3 Å². The number of carbonyl (C=O) groups excluding carboxylic acids is 2. The van der Waals surface area contributed by atoms with Crippen LogP contribution in [0.3, 0.4) is 0 Å². The Bertz CT molecular complexity index is 744. The quantitative estimate of drug-likeness (QED) is 0.753. The fourth-order valence-electron chi connectivity index (χ4n) is 4.77. The Morgan fingerprint density at radius 1 is 1.03 bits per heavy atom. The van der Waals surface area contributed by atoms with Crippen LogP contribution in [0.25, 0.3) is 0 Å². The lowest BCUT2D eigenvalue weighted by Gasteiger charge is -2.36. The first kappa shape index (κ1) is 20.6. The number of aromatic nitrogens is 2. The van der Waals surface area contributed by atoms with Crippen LogP contribution in [-0.4, -0.2) is 70.1 Å². The van der Waals surface area contributed by atoms with Crippen LogP contribution in [-0.2, 0) is 9.59 Å². The third-order valence-corrected chi connectivity index (χ3v) is 7.68. The molecule has 1 aliphatic carbocycles. The van der Waals surface area contributed by atoms with Gasteiger partial charge in [0.25, 0.3) is 0 Å². The monoisotopic (exact) mass is 419 g/mol. The van der Waals surface area contributed by atoms with Gasteiger partial charge in [-0.05, 0) is 33.6 Å². The molecule has 2 aliphatic heterocycles. The molecule has 2 saturated heterocycles. The first-order valence-corrected chi connectivity index (χ1v) is 11.8. The first-order valence-electron chi connectivity index (χ1n) is 11.0. The van der Waals surface area contributed by atoms with E-state index in [2.05, 4.69) is 15.1 Å². The second-order valence-electron chi connectivity index (χ2n) is 9.65. The summed E-state index contributed by atoms with van der Waals surface area (Å²) in [5.74, 6) is 0.611. The number of nitrogens with zero attached hydrogens (tertiary/aromatic N) is 5. The van der Waals surface area contributed by atoms with Crippen molar-refractivity contribution in [2.45, 2.75) is 70.8 Å². The van der Waals surface area contributed by atoms with E-state index in [-0.39, 0.29) is 23.3 Å². The molecule has 3 fully saturated rings. The van der Waals surface area contributed by atoms with E-state index in [0.717, 1.165) is 18.2 Å². The number of hydrogen-bond donors (Lipinski definition) is 0. The van der Waals surface area contributed by atoms with Crippen LogP contribution in [0.4, 0.5) is 5.13 Å². The zero-order valence-corrected chi connectivity index (χ0v) is 18.7. The molecule has 0 aromatic carbocycles. The Morgan fingerprint density at radius 3 is 2.34 bits per heavy atom. The number of likely N-dealkylation sites (tertiary alicyclic amines) is 1. The lowest BCUT2D eigenvalue weighted by Crippen LogP contribution is -2.51. The molecule has 2 amide bonds. The molecule has 1 aromatic heterocycles. The Hall–Kier alpha value is -1.70. The van der Waals surface area contributed by atoms with Gasteiger partial charge in [-0.15, -0.1) is 10.2 Å². The molecule has 0 radical (unpaired) electrons. The standard InChI is InChI=1S/C21H33N5O2S/c1-21(2,3)26-14-16(13-17(26)27)19(28)24-9-11-25(12-10-24)20-23-22-18(29-20)15-7-5-4-6-8-15/h15-16H,4-14H2,1-3H3. The van der Waals surface area contributed by atoms with E-state index in [1.807, 2.05) is 30.6 Å². The van der Waals surface area contributed by atoms with Crippen molar-refractivity contribution in [1.29, 1.82) is 0 Å². The smallest absolute Gasteiger partial charge is 0.228 e. The summed E-state index contributed by atoms with van der Waals surface area (Å²) in [5, 5.41) is 11.1. The summed E-state index contributed by atoms with van der Waals surface area (Å²) in [6.45, 7) is 9.58. The van der Waals surface area contributed by atoms with Crippen LogP contribution < -0.4 is 4.90 Å². The maximum Gasteiger partial charge on any atom is 0.228 e. The molecule has 0 bridgehead atoms. The van der Waals surface area contributed by atoms with E-state index >= 15 is 0 Å². The van der Waals surface area contributed by atoms with Gasteiger partial charge in [0.2, 0.25) is 16.9 Å². The van der Waals surface area contributed by atoms with Gasteiger partial charge in [0.15, 0.2) is 0 Å². The summed E-state index contributed by atoms with van der Waals surface area (Å²) in [5.41, 5.74) is -0.224. The zero-order valence-electron chi connectivity index (χ0n) is 17.9. The molecule has 4 rings (SSSR count). The number of hydrogen-bond acceptors (Lipinski definition) is 6. The SMILES string of the molecule is CC(C)(C)N1CC(C(=O)N2CCN(c3nnc(C4CCCCC4)s3)CC2)CC1=O. The van der Waals surface area contributed by atoms with E-state index in [9.17, 15) is 9.59 Å². The fraction of sp³-hybridized carbons (Fsp3) is 0.810. The van der Waals surface area contributed by atoms with Crippen molar-refractivity contribution in [2.75, 3.05) is 37.6 Å². The van der Waals surface area contributed by atoms with Crippen molar-refractivity contribution < 1.29 is 9.59 Å². The number of piperazine rings is 1. The minimum atomic E-state index is -0.224. The van der Waals surface area contributed by atoms with Crippen LogP contribution in [0.2, 0.25) is 0 Å². The second kappa shape index (κ2) is 8.20. The maximum atomic E-state index is 13.0. The van der Waals surface area contributed by atoms with Crippen molar-refractivity contribution in [3.63, 3.8) is 0 Å². The Balaban J connectivity index is 1.31. The molecule has 0 spiro atoms. The minimum Gasteiger partial charge on any atom is -0.343 e.